The van der Waals surface area contributed by atoms with Crippen LogP contribution in [0.2, 0.25) is 0 Å². The van der Waals surface area contributed by atoms with Crippen molar-refractivity contribution in [2.45, 2.75) is 31.3 Å². The van der Waals surface area contributed by atoms with E-state index in [0.29, 0.717) is 19.1 Å². The molecule has 19 heavy (non-hydrogen) atoms. The van der Waals surface area contributed by atoms with E-state index in [-0.39, 0.29) is 24.8 Å². The average Bonchev–Trinajstić information content (AvgIpc) is 3.16. The van der Waals surface area contributed by atoms with Crippen LogP contribution in [0.25, 0.3) is 0 Å². The largest absolute Gasteiger partial charge is 0.481 e. The minimum Gasteiger partial charge on any atom is -0.481 e. The van der Waals surface area contributed by atoms with Crippen molar-refractivity contribution in [1.29, 1.82) is 0 Å². The summed E-state index contributed by atoms with van der Waals surface area (Å²) in [6.45, 7) is 1.07. The van der Waals surface area contributed by atoms with Crippen molar-refractivity contribution in [3.8, 4) is 0 Å². The highest BCUT2D eigenvalue weighted by Crippen LogP contribution is 2.25. The number of carbonyl (C=O) groups is 3. The molecule has 0 aromatic heterocycles. The second-order valence-electron chi connectivity index (χ2n) is 5.11. The van der Waals surface area contributed by atoms with E-state index < -0.39 is 12.0 Å². The predicted octanol–water partition coefficient (Wildman–Crippen LogP) is -1.12. The maximum atomic E-state index is 12.0. The van der Waals surface area contributed by atoms with Gasteiger partial charge in [-0.05, 0) is 12.8 Å². The van der Waals surface area contributed by atoms with Crippen LogP contribution in [-0.2, 0) is 14.4 Å². The Morgan fingerprint density at radius 1 is 1.47 bits per heavy atom. The van der Waals surface area contributed by atoms with Crippen molar-refractivity contribution >= 4 is 17.8 Å². The number of hydrogen-bond donors (Lipinski definition) is 2. The van der Waals surface area contributed by atoms with Crippen LogP contribution in [0, 0.1) is 0 Å². The monoisotopic (exact) mass is 269 g/mol. The molecule has 106 valence electrons. The summed E-state index contributed by atoms with van der Waals surface area (Å²) >= 11 is 0. The zero-order valence-electron chi connectivity index (χ0n) is 11.0. The second-order valence-corrected chi connectivity index (χ2v) is 5.11. The van der Waals surface area contributed by atoms with E-state index in [1.165, 1.54) is 0 Å². The number of carbonyl (C=O) groups excluding carboxylic acids is 2. The molecule has 2 fully saturated rings. The Morgan fingerprint density at radius 3 is 2.74 bits per heavy atom. The van der Waals surface area contributed by atoms with Crippen LogP contribution in [0.4, 0.5) is 0 Å². The Morgan fingerprint density at radius 2 is 2.16 bits per heavy atom. The second kappa shape index (κ2) is 5.56. The van der Waals surface area contributed by atoms with Crippen LogP contribution < -0.4 is 5.32 Å². The minimum absolute atomic E-state index is 0.0485. The molecule has 7 nitrogen and oxygen atoms in total. The highest BCUT2D eigenvalue weighted by Gasteiger charge is 2.35. The van der Waals surface area contributed by atoms with Gasteiger partial charge in [0.1, 0.15) is 6.04 Å². The van der Waals surface area contributed by atoms with E-state index in [1.54, 1.807) is 16.8 Å². The minimum atomic E-state index is -1.03. The Balaban J connectivity index is 1.96. The van der Waals surface area contributed by atoms with E-state index in [2.05, 4.69) is 5.32 Å². The highest BCUT2D eigenvalue weighted by atomic mass is 16.4. The maximum Gasteiger partial charge on any atom is 0.305 e. The number of carboxylic acids is 1. The van der Waals surface area contributed by atoms with Gasteiger partial charge in [-0.25, -0.2) is 0 Å². The molecule has 2 amide bonds. The molecule has 0 radical (unpaired) electrons. The number of nitrogens with one attached hydrogen (secondary N) is 1. The van der Waals surface area contributed by atoms with Gasteiger partial charge < -0.3 is 15.3 Å². The lowest BCUT2D eigenvalue weighted by Gasteiger charge is -2.34. The summed E-state index contributed by atoms with van der Waals surface area (Å²) in [5, 5.41) is 11.5. The van der Waals surface area contributed by atoms with Crippen molar-refractivity contribution < 1.29 is 19.5 Å². The maximum absolute atomic E-state index is 12.0. The zero-order chi connectivity index (χ0) is 14.0. The van der Waals surface area contributed by atoms with Gasteiger partial charge in [-0.2, -0.15) is 0 Å². The fourth-order valence-electron chi connectivity index (χ4n) is 2.29. The van der Waals surface area contributed by atoms with E-state index in [1.807, 2.05) is 0 Å². The third kappa shape index (κ3) is 3.44. The Hall–Kier alpha value is -1.63. The quantitative estimate of drug-likeness (QED) is 0.660. The van der Waals surface area contributed by atoms with E-state index in [4.69, 9.17) is 5.11 Å². The Kier molecular flexibility index (Phi) is 4.04. The standard InChI is InChI=1S/C12H19N3O4/c1-14(8-2-3-8)10(16)7-15-5-4-13-12(19)9(15)6-11(17)18/h8-9H,2-7H2,1H3,(H,13,19)(H,17,18). The van der Waals surface area contributed by atoms with Gasteiger partial charge in [0.25, 0.3) is 0 Å². The Bertz CT molecular complexity index is 394. The number of hydrogen-bond acceptors (Lipinski definition) is 4. The first-order valence-electron chi connectivity index (χ1n) is 6.48. The van der Waals surface area contributed by atoms with Crippen molar-refractivity contribution in [2.75, 3.05) is 26.7 Å². The molecule has 1 saturated heterocycles. The lowest BCUT2D eigenvalue weighted by atomic mass is 10.1. The van der Waals surface area contributed by atoms with Crippen LogP contribution in [-0.4, -0.2) is 71.5 Å². The smallest absolute Gasteiger partial charge is 0.305 e. The van der Waals surface area contributed by atoms with Gasteiger partial charge in [0.2, 0.25) is 11.8 Å². The number of carboxylic acid groups (broad SMARTS) is 1. The molecule has 1 aliphatic heterocycles. The Labute approximate surface area is 111 Å². The number of likely N-dealkylation sites (N-methyl/N-ethyl adjacent to an activating group) is 1. The lowest BCUT2D eigenvalue weighted by Crippen LogP contribution is -2.58. The molecular formula is C12H19N3O4. The third-order valence-electron chi connectivity index (χ3n) is 3.64. The van der Waals surface area contributed by atoms with Crippen LogP contribution in [0.5, 0.6) is 0 Å². The number of aliphatic carboxylic acids is 1. The third-order valence-corrected chi connectivity index (χ3v) is 3.64. The molecule has 0 aromatic carbocycles. The van der Waals surface area contributed by atoms with E-state index >= 15 is 0 Å². The number of nitrogens with zero attached hydrogens (tertiary/aromatic N) is 2. The summed E-state index contributed by atoms with van der Waals surface area (Å²) < 4.78 is 0. The van der Waals surface area contributed by atoms with E-state index in [9.17, 15) is 14.4 Å². The fourth-order valence-corrected chi connectivity index (χ4v) is 2.29. The molecule has 7 heteroatoms. The molecule has 1 unspecified atom stereocenters. The molecule has 2 aliphatic rings. The first-order valence-corrected chi connectivity index (χ1v) is 6.48. The van der Waals surface area contributed by atoms with Gasteiger partial charge in [-0.3, -0.25) is 19.3 Å². The molecule has 0 aromatic rings. The van der Waals surface area contributed by atoms with Crippen molar-refractivity contribution in [3.63, 3.8) is 0 Å². The molecule has 2 N–H and O–H groups in total. The average molecular weight is 269 g/mol. The van der Waals surface area contributed by atoms with Gasteiger partial charge in [-0.15, -0.1) is 0 Å². The number of amides is 2. The van der Waals surface area contributed by atoms with Crippen LogP contribution in [0.3, 0.4) is 0 Å². The van der Waals surface area contributed by atoms with E-state index in [0.717, 1.165) is 12.8 Å². The van der Waals surface area contributed by atoms with Gasteiger partial charge in [0, 0.05) is 26.2 Å². The fraction of sp³-hybridized carbons (Fsp3) is 0.750. The first kappa shape index (κ1) is 13.8. The first-order chi connectivity index (χ1) is 8.99. The molecule has 1 aliphatic carbocycles. The normalized spacial score (nSPS) is 23.8. The number of rotatable bonds is 5. The van der Waals surface area contributed by atoms with Gasteiger partial charge in [0.05, 0.1) is 13.0 Å². The predicted molar refractivity (Wildman–Crippen MR) is 66.4 cm³/mol. The number of piperazine rings is 1. The molecule has 1 atom stereocenters. The van der Waals surface area contributed by atoms with Crippen molar-refractivity contribution in [3.05, 3.63) is 0 Å². The van der Waals surface area contributed by atoms with Crippen LogP contribution >= 0.6 is 0 Å². The topological polar surface area (TPSA) is 90.0 Å². The molecule has 2 rings (SSSR count). The van der Waals surface area contributed by atoms with Crippen LogP contribution in [0.1, 0.15) is 19.3 Å². The summed E-state index contributed by atoms with van der Waals surface area (Å²) in [5.41, 5.74) is 0. The van der Waals surface area contributed by atoms with Crippen LogP contribution in [0.15, 0.2) is 0 Å². The zero-order valence-corrected chi connectivity index (χ0v) is 11.0. The summed E-state index contributed by atoms with van der Waals surface area (Å²) in [4.78, 5) is 37.9. The summed E-state index contributed by atoms with van der Waals surface area (Å²) in [6, 6.07) is -0.424. The molecule has 0 bridgehead atoms. The van der Waals surface area contributed by atoms with Crippen molar-refractivity contribution in [1.82, 2.24) is 15.1 Å². The van der Waals surface area contributed by atoms with Gasteiger partial charge in [-0.1, -0.05) is 0 Å². The van der Waals surface area contributed by atoms with Gasteiger partial charge in [0.15, 0.2) is 0 Å². The highest BCUT2D eigenvalue weighted by molar-refractivity contribution is 5.88. The van der Waals surface area contributed by atoms with Gasteiger partial charge >= 0.3 is 5.97 Å². The lowest BCUT2D eigenvalue weighted by molar-refractivity contribution is -0.145. The molecule has 0 spiro atoms. The SMILES string of the molecule is CN(C(=O)CN1CCNC(=O)C1CC(=O)O)C1CC1. The molecule has 1 saturated carbocycles. The summed E-state index contributed by atoms with van der Waals surface area (Å²) in [5.74, 6) is -1.39. The van der Waals surface area contributed by atoms with Crippen molar-refractivity contribution in [2.24, 2.45) is 0 Å². The molecular weight excluding hydrogens is 250 g/mol. The molecule has 1 heterocycles. The summed E-state index contributed by atoms with van der Waals surface area (Å²) in [6.07, 6.45) is 1.79. The summed E-state index contributed by atoms with van der Waals surface area (Å²) in [7, 11) is 1.76.